The lowest BCUT2D eigenvalue weighted by Gasteiger charge is -2.11. The van der Waals surface area contributed by atoms with Crippen molar-refractivity contribution in [2.75, 3.05) is 11.3 Å². The summed E-state index contributed by atoms with van der Waals surface area (Å²) in [5, 5.41) is 0. The standard InChI is InChI=1S/C17H20N4O5S2/c1-2-3-9-18-27(23,24)13-6-4-5-12(10-13)21-28(25,26)14-7-8-15-16(11-14)20-17(22)19-15/h4-8,10-11,18,21H,2-3,9H2,1H3,(H2,19,20,22). The molecule has 9 nitrogen and oxygen atoms in total. The number of hydrogen-bond acceptors (Lipinski definition) is 5. The van der Waals surface area contributed by atoms with Crippen LogP contribution in [-0.2, 0) is 20.0 Å². The van der Waals surface area contributed by atoms with Crippen LogP contribution in [-0.4, -0.2) is 33.3 Å². The van der Waals surface area contributed by atoms with E-state index in [1.807, 2.05) is 6.92 Å². The molecule has 11 heteroatoms. The molecule has 0 bridgehead atoms. The second kappa shape index (κ2) is 7.78. The van der Waals surface area contributed by atoms with Gasteiger partial charge in [0, 0.05) is 6.54 Å². The summed E-state index contributed by atoms with van der Waals surface area (Å²) in [6, 6.07) is 9.70. The van der Waals surface area contributed by atoms with Gasteiger partial charge in [0.2, 0.25) is 10.0 Å². The van der Waals surface area contributed by atoms with E-state index in [2.05, 4.69) is 19.4 Å². The maximum absolute atomic E-state index is 12.6. The Morgan fingerprint density at radius 1 is 0.893 bits per heavy atom. The second-order valence-electron chi connectivity index (χ2n) is 6.17. The number of rotatable bonds is 8. The zero-order chi connectivity index (χ0) is 20.4. The molecule has 0 saturated carbocycles. The monoisotopic (exact) mass is 424 g/mol. The van der Waals surface area contributed by atoms with Gasteiger partial charge in [0.25, 0.3) is 10.0 Å². The molecule has 0 aliphatic rings. The third kappa shape index (κ3) is 4.43. The van der Waals surface area contributed by atoms with Crippen LogP contribution in [0, 0.1) is 0 Å². The summed E-state index contributed by atoms with van der Waals surface area (Å²) in [6.45, 7) is 2.26. The van der Waals surface area contributed by atoms with Crippen LogP contribution >= 0.6 is 0 Å². The number of aromatic nitrogens is 2. The van der Waals surface area contributed by atoms with Crippen molar-refractivity contribution in [3.05, 3.63) is 52.9 Å². The molecule has 0 saturated heterocycles. The number of imidazole rings is 1. The minimum Gasteiger partial charge on any atom is -0.306 e. The smallest absolute Gasteiger partial charge is 0.306 e. The van der Waals surface area contributed by atoms with Crippen LogP contribution in [0.4, 0.5) is 5.69 Å². The number of sulfonamides is 2. The zero-order valence-electron chi connectivity index (χ0n) is 15.0. The minimum atomic E-state index is -3.98. The van der Waals surface area contributed by atoms with Crippen LogP contribution < -0.4 is 15.1 Å². The molecule has 4 N–H and O–H groups in total. The first kappa shape index (κ1) is 20.1. The summed E-state index contributed by atoms with van der Waals surface area (Å²) < 4.78 is 54.8. The molecule has 3 rings (SSSR count). The van der Waals surface area contributed by atoms with E-state index in [-0.39, 0.29) is 15.5 Å². The maximum Gasteiger partial charge on any atom is 0.323 e. The Hall–Kier alpha value is -2.63. The van der Waals surface area contributed by atoms with Crippen molar-refractivity contribution in [3.63, 3.8) is 0 Å². The van der Waals surface area contributed by atoms with Gasteiger partial charge in [0.15, 0.2) is 0 Å². The van der Waals surface area contributed by atoms with Crippen LogP contribution in [0.1, 0.15) is 19.8 Å². The summed E-state index contributed by atoms with van der Waals surface area (Å²) >= 11 is 0. The number of aromatic amines is 2. The van der Waals surface area contributed by atoms with Crippen molar-refractivity contribution >= 4 is 36.8 Å². The molecule has 0 aliphatic heterocycles. The van der Waals surface area contributed by atoms with Gasteiger partial charge in [-0.3, -0.25) is 4.72 Å². The van der Waals surface area contributed by atoms with Crippen molar-refractivity contribution in [3.8, 4) is 0 Å². The van der Waals surface area contributed by atoms with E-state index < -0.39 is 25.7 Å². The molecule has 0 atom stereocenters. The number of anilines is 1. The normalized spacial score (nSPS) is 12.3. The van der Waals surface area contributed by atoms with Gasteiger partial charge in [0.1, 0.15) is 0 Å². The molecule has 0 aliphatic carbocycles. The summed E-state index contributed by atoms with van der Waals surface area (Å²) in [6.07, 6.45) is 1.55. The summed E-state index contributed by atoms with van der Waals surface area (Å²) in [5.74, 6) is 0. The number of nitrogens with one attached hydrogen (secondary N) is 4. The van der Waals surface area contributed by atoms with Crippen molar-refractivity contribution in [2.45, 2.75) is 29.6 Å². The number of H-pyrrole nitrogens is 2. The Balaban J connectivity index is 1.86. The van der Waals surface area contributed by atoms with E-state index in [0.717, 1.165) is 6.42 Å². The highest BCUT2D eigenvalue weighted by Gasteiger charge is 2.18. The fourth-order valence-corrected chi connectivity index (χ4v) is 4.78. The minimum absolute atomic E-state index is 0.0331. The van der Waals surface area contributed by atoms with E-state index in [4.69, 9.17) is 0 Å². The van der Waals surface area contributed by atoms with Gasteiger partial charge < -0.3 is 9.97 Å². The Morgan fingerprint density at radius 3 is 2.36 bits per heavy atom. The topological polar surface area (TPSA) is 141 Å². The molecule has 150 valence electrons. The molecule has 1 heterocycles. The molecule has 0 spiro atoms. The van der Waals surface area contributed by atoms with Crippen LogP contribution in [0.2, 0.25) is 0 Å². The number of unbranched alkanes of at least 4 members (excludes halogenated alkanes) is 1. The van der Waals surface area contributed by atoms with E-state index >= 15 is 0 Å². The Bertz CT molecular complexity index is 1260. The Morgan fingerprint density at radius 2 is 1.61 bits per heavy atom. The largest absolute Gasteiger partial charge is 0.323 e. The first-order chi connectivity index (χ1) is 13.2. The highest BCUT2D eigenvalue weighted by atomic mass is 32.2. The molecule has 0 fully saturated rings. The highest BCUT2D eigenvalue weighted by Crippen LogP contribution is 2.21. The predicted octanol–water partition coefficient (Wildman–Crippen LogP) is 1.74. The van der Waals surface area contributed by atoms with Crippen LogP contribution in [0.3, 0.4) is 0 Å². The SMILES string of the molecule is CCCCNS(=O)(=O)c1cccc(NS(=O)(=O)c2ccc3[nH]c(=O)[nH]c3c2)c1. The van der Waals surface area contributed by atoms with Gasteiger partial charge in [-0.05, 0) is 42.8 Å². The van der Waals surface area contributed by atoms with Gasteiger partial charge in [0.05, 0.1) is 26.5 Å². The molecule has 28 heavy (non-hydrogen) atoms. The van der Waals surface area contributed by atoms with E-state index in [1.165, 1.54) is 42.5 Å². The third-order valence-corrected chi connectivity index (χ3v) is 6.85. The first-order valence-corrected chi connectivity index (χ1v) is 11.5. The summed E-state index contributed by atoms with van der Waals surface area (Å²) in [4.78, 5) is 16.3. The molecule has 0 radical (unpaired) electrons. The van der Waals surface area contributed by atoms with Crippen LogP contribution in [0.15, 0.2) is 57.1 Å². The molecule has 2 aromatic carbocycles. The average molecular weight is 425 g/mol. The molecular weight excluding hydrogens is 404 g/mol. The first-order valence-electron chi connectivity index (χ1n) is 8.56. The van der Waals surface area contributed by atoms with Crippen LogP contribution in [0.5, 0.6) is 0 Å². The maximum atomic E-state index is 12.6. The summed E-state index contributed by atoms with van der Waals surface area (Å²) in [5.41, 5.74) is 0.506. The number of benzene rings is 2. The molecule has 1 aromatic heterocycles. The van der Waals surface area contributed by atoms with E-state index in [9.17, 15) is 21.6 Å². The van der Waals surface area contributed by atoms with Crippen LogP contribution in [0.25, 0.3) is 11.0 Å². The second-order valence-corrected chi connectivity index (χ2v) is 9.62. The van der Waals surface area contributed by atoms with E-state index in [1.54, 1.807) is 0 Å². The van der Waals surface area contributed by atoms with Crippen molar-refractivity contribution in [1.82, 2.24) is 14.7 Å². The Labute approximate surface area is 162 Å². The average Bonchev–Trinajstić information content (AvgIpc) is 3.01. The highest BCUT2D eigenvalue weighted by molar-refractivity contribution is 7.92. The number of hydrogen-bond donors (Lipinski definition) is 4. The van der Waals surface area contributed by atoms with Crippen molar-refractivity contribution in [1.29, 1.82) is 0 Å². The molecule has 0 amide bonds. The van der Waals surface area contributed by atoms with E-state index in [0.29, 0.717) is 24.0 Å². The zero-order valence-corrected chi connectivity index (χ0v) is 16.7. The fraction of sp³-hybridized carbons (Fsp3) is 0.235. The lowest BCUT2D eigenvalue weighted by molar-refractivity contribution is 0.578. The van der Waals surface area contributed by atoms with Gasteiger partial charge in [-0.2, -0.15) is 0 Å². The van der Waals surface area contributed by atoms with Gasteiger partial charge in [-0.15, -0.1) is 0 Å². The molecule has 0 unspecified atom stereocenters. The lowest BCUT2D eigenvalue weighted by atomic mass is 10.3. The summed E-state index contributed by atoms with van der Waals surface area (Å²) in [7, 11) is -7.71. The lowest BCUT2D eigenvalue weighted by Crippen LogP contribution is -2.24. The van der Waals surface area contributed by atoms with Gasteiger partial charge in [-0.1, -0.05) is 19.4 Å². The molecule has 3 aromatic rings. The van der Waals surface area contributed by atoms with Crippen molar-refractivity contribution < 1.29 is 16.8 Å². The quantitative estimate of drug-likeness (QED) is 0.408. The molecular formula is C17H20N4O5S2. The third-order valence-electron chi connectivity index (χ3n) is 4.02. The number of fused-ring (bicyclic) bond motifs is 1. The van der Waals surface area contributed by atoms with Gasteiger partial charge in [-0.25, -0.2) is 26.4 Å². The predicted molar refractivity (Wildman–Crippen MR) is 106 cm³/mol. The van der Waals surface area contributed by atoms with Gasteiger partial charge >= 0.3 is 5.69 Å². The fourth-order valence-electron chi connectivity index (χ4n) is 2.59. The van der Waals surface area contributed by atoms with Crippen molar-refractivity contribution in [2.24, 2.45) is 0 Å². The Kier molecular flexibility index (Phi) is 5.59.